The van der Waals surface area contributed by atoms with Crippen molar-refractivity contribution in [1.82, 2.24) is 30.0 Å². The van der Waals surface area contributed by atoms with Crippen LogP contribution in [0, 0.1) is 11.3 Å². The van der Waals surface area contributed by atoms with E-state index in [1.807, 2.05) is 36.4 Å². The third kappa shape index (κ3) is 1.70. The van der Waals surface area contributed by atoms with Gasteiger partial charge >= 0.3 is 0 Å². The average Bonchev–Trinajstić information content (AvgIpc) is 3.14. The molecule has 3 aromatic heterocycles. The van der Waals surface area contributed by atoms with Crippen molar-refractivity contribution in [2.45, 2.75) is 0 Å². The van der Waals surface area contributed by atoms with E-state index in [0.29, 0.717) is 11.3 Å². The minimum absolute atomic E-state index is 0.0212. The van der Waals surface area contributed by atoms with E-state index in [0.717, 1.165) is 37.8 Å². The minimum Gasteiger partial charge on any atom is -0.381 e. The Morgan fingerprint density at radius 1 is 0.786 bits per heavy atom. The fraction of sp³-hybridized carbons (Fsp3) is 0. The largest absolute Gasteiger partial charge is 0.381 e. The van der Waals surface area contributed by atoms with E-state index in [9.17, 15) is 5.26 Å². The van der Waals surface area contributed by atoms with Gasteiger partial charge in [-0.15, -0.1) is 25.5 Å². The van der Waals surface area contributed by atoms with Crippen LogP contribution in [0.4, 0.5) is 5.82 Å². The van der Waals surface area contributed by atoms with Crippen molar-refractivity contribution in [3.63, 3.8) is 0 Å². The topological polar surface area (TPSA) is 119 Å². The van der Waals surface area contributed by atoms with Crippen molar-refractivity contribution in [3.8, 4) is 6.07 Å². The van der Waals surface area contributed by atoms with Gasteiger partial charge in [0.1, 0.15) is 11.6 Å². The lowest BCUT2D eigenvalue weighted by atomic mass is 9.96. The van der Waals surface area contributed by atoms with Gasteiger partial charge in [-0.2, -0.15) is 9.78 Å². The molecule has 0 spiro atoms. The smallest absolute Gasteiger partial charge is 0.206 e. The number of hydrogen-bond acceptors (Lipinski definition) is 7. The summed E-state index contributed by atoms with van der Waals surface area (Å²) in [5.74, 6) is 0.128. The average molecular weight is 362 g/mol. The maximum Gasteiger partial charge on any atom is 0.206 e. The summed E-state index contributed by atoms with van der Waals surface area (Å²) in [6.45, 7) is 0. The van der Waals surface area contributed by atoms with Gasteiger partial charge in [0.15, 0.2) is 11.5 Å². The summed E-state index contributed by atoms with van der Waals surface area (Å²) in [7, 11) is 0. The Labute approximate surface area is 156 Å². The van der Waals surface area contributed by atoms with Crippen molar-refractivity contribution in [2.24, 2.45) is 0 Å². The number of nitrogens with two attached hydrogens (primary N) is 1. The molecule has 8 nitrogen and oxygen atoms in total. The molecule has 0 unspecified atom stereocenters. The third-order valence-electron chi connectivity index (χ3n) is 5.06. The molecule has 6 aromatic rings. The SMILES string of the molecule is N#Cc1nnc2c3c(nnc4c5ccccc5c5ccccc5c43)nn2c1N. The summed E-state index contributed by atoms with van der Waals surface area (Å²) in [5, 5.41) is 36.4. The van der Waals surface area contributed by atoms with Crippen LogP contribution >= 0.6 is 0 Å². The van der Waals surface area contributed by atoms with E-state index in [2.05, 4.69) is 43.7 Å². The monoisotopic (exact) mass is 362 g/mol. The Kier molecular flexibility index (Phi) is 2.68. The number of anilines is 1. The Balaban J connectivity index is 1.98. The quantitative estimate of drug-likeness (QED) is 0.413. The maximum absolute atomic E-state index is 9.18. The number of nitriles is 1. The van der Waals surface area contributed by atoms with Gasteiger partial charge in [-0.05, 0) is 16.2 Å². The molecule has 0 atom stereocenters. The molecule has 0 aliphatic heterocycles. The van der Waals surface area contributed by atoms with Crippen LogP contribution in [-0.2, 0) is 0 Å². The second-order valence-corrected chi connectivity index (χ2v) is 6.49. The molecule has 0 saturated carbocycles. The summed E-state index contributed by atoms with van der Waals surface area (Å²) in [5.41, 5.74) is 7.71. The molecule has 3 heterocycles. The molecule has 0 saturated heterocycles. The highest BCUT2D eigenvalue weighted by molar-refractivity contribution is 6.31. The van der Waals surface area contributed by atoms with Gasteiger partial charge in [0.05, 0.1) is 5.39 Å². The first-order chi connectivity index (χ1) is 13.8. The molecular formula is C20H10N8. The fourth-order valence-corrected chi connectivity index (χ4v) is 3.86. The first kappa shape index (κ1) is 14.8. The number of benzene rings is 3. The van der Waals surface area contributed by atoms with Crippen molar-refractivity contribution < 1.29 is 0 Å². The van der Waals surface area contributed by atoms with Gasteiger partial charge < -0.3 is 5.73 Å². The van der Waals surface area contributed by atoms with E-state index >= 15 is 0 Å². The molecular weight excluding hydrogens is 352 g/mol. The van der Waals surface area contributed by atoms with Gasteiger partial charge in [-0.25, -0.2) is 0 Å². The highest BCUT2D eigenvalue weighted by Gasteiger charge is 2.20. The van der Waals surface area contributed by atoms with Crippen molar-refractivity contribution in [2.75, 3.05) is 5.73 Å². The summed E-state index contributed by atoms with van der Waals surface area (Å²) in [4.78, 5) is 0. The fourth-order valence-electron chi connectivity index (χ4n) is 3.86. The third-order valence-corrected chi connectivity index (χ3v) is 5.06. The van der Waals surface area contributed by atoms with Gasteiger partial charge in [0.25, 0.3) is 0 Å². The number of nitrogen functional groups attached to an aromatic ring is 1. The summed E-state index contributed by atoms with van der Waals surface area (Å²) >= 11 is 0. The predicted molar refractivity (Wildman–Crippen MR) is 106 cm³/mol. The van der Waals surface area contributed by atoms with Gasteiger partial charge in [0.2, 0.25) is 11.3 Å². The van der Waals surface area contributed by atoms with Crippen molar-refractivity contribution in [3.05, 3.63) is 54.2 Å². The van der Waals surface area contributed by atoms with Gasteiger partial charge in [0, 0.05) is 10.8 Å². The summed E-state index contributed by atoms with van der Waals surface area (Å²) < 4.78 is 1.41. The van der Waals surface area contributed by atoms with Gasteiger partial charge in [-0.1, -0.05) is 48.5 Å². The van der Waals surface area contributed by atoms with Crippen LogP contribution < -0.4 is 5.73 Å². The molecule has 130 valence electrons. The molecule has 0 fully saturated rings. The first-order valence-electron chi connectivity index (χ1n) is 8.58. The van der Waals surface area contributed by atoms with Crippen LogP contribution in [0.15, 0.2) is 48.5 Å². The lowest BCUT2D eigenvalue weighted by molar-refractivity contribution is 0.893. The lowest BCUT2D eigenvalue weighted by Gasteiger charge is -2.09. The van der Waals surface area contributed by atoms with E-state index in [-0.39, 0.29) is 11.5 Å². The molecule has 8 heteroatoms. The van der Waals surface area contributed by atoms with Crippen molar-refractivity contribution >= 4 is 54.9 Å². The highest BCUT2D eigenvalue weighted by Crippen LogP contribution is 2.37. The zero-order chi connectivity index (χ0) is 18.8. The Hall–Kier alpha value is -4.38. The van der Waals surface area contributed by atoms with Crippen LogP contribution in [0.3, 0.4) is 0 Å². The van der Waals surface area contributed by atoms with E-state index in [4.69, 9.17) is 5.73 Å². The summed E-state index contributed by atoms with van der Waals surface area (Å²) in [6, 6.07) is 18.2. The zero-order valence-corrected chi connectivity index (χ0v) is 14.3. The molecule has 0 radical (unpaired) electrons. The van der Waals surface area contributed by atoms with Gasteiger partial charge in [-0.3, -0.25) is 0 Å². The zero-order valence-electron chi connectivity index (χ0n) is 14.3. The van der Waals surface area contributed by atoms with Crippen LogP contribution in [0.5, 0.6) is 0 Å². The first-order valence-corrected chi connectivity index (χ1v) is 8.58. The molecule has 0 aliphatic rings. The normalized spacial score (nSPS) is 11.7. The molecule has 0 bridgehead atoms. The number of aromatic nitrogens is 6. The molecule has 6 rings (SSSR count). The standard InChI is InChI=1S/C20H10N8/c21-9-14-18(22)28-20(26-23-14)16-15-12-7-3-1-5-10(12)11-6-2-4-8-13(11)17(15)24-25-19(16)27-28/h1-8H,22H2. The number of nitrogens with zero attached hydrogens (tertiary/aromatic N) is 7. The Bertz CT molecular complexity index is 1610. The number of hydrogen-bond donors (Lipinski definition) is 1. The number of rotatable bonds is 0. The predicted octanol–water partition coefficient (Wildman–Crippen LogP) is 2.98. The molecule has 3 aromatic carbocycles. The van der Waals surface area contributed by atoms with E-state index in [1.165, 1.54) is 4.52 Å². The molecule has 28 heavy (non-hydrogen) atoms. The van der Waals surface area contributed by atoms with E-state index < -0.39 is 0 Å². The molecule has 0 aliphatic carbocycles. The summed E-state index contributed by atoms with van der Waals surface area (Å²) in [6.07, 6.45) is 0. The maximum atomic E-state index is 9.18. The second kappa shape index (κ2) is 5.08. The molecule has 2 N–H and O–H groups in total. The van der Waals surface area contributed by atoms with Crippen molar-refractivity contribution in [1.29, 1.82) is 5.26 Å². The van der Waals surface area contributed by atoms with Crippen LogP contribution in [-0.4, -0.2) is 30.0 Å². The second-order valence-electron chi connectivity index (χ2n) is 6.49. The van der Waals surface area contributed by atoms with Crippen LogP contribution in [0.2, 0.25) is 0 Å². The van der Waals surface area contributed by atoms with Crippen LogP contribution in [0.25, 0.3) is 49.1 Å². The molecule has 0 amide bonds. The number of fused-ring (bicyclic) bond motifs is 10. The highest BCUT2D eigenvalue weighted by atomic mass is 15.4. The van der Waals surface area contributed by atoms with Crippen LogP contribution in [0.1, 0.15) is 5.69 Å². The lowest BCUT2D eigenvalue weighted by Crippen LogP contribution is -2.05. The van der Waals surface area contributed by atoms with E-state index in [1.54, 1.807) is 0 Å². The Morgan fingerprint density at radius 3 is 2.21 bits per heavy atom. The minimum atomic E-state index is 0.0212. The Morgan fingerprint density at radius 2 is 1.46 bits per heavy atom.